The van der Waals surface area contributed by atoms with Gasteiger partial charge in [0.25, 0.3) is 5.56 Å². The predicted molar refractivity (Wildman–Crippen MR) is 136 cm³/mol. The maximum absolute atomic E-state index is 13.7. The van der Waals surface area contributed by atoms with Crippen molar-refractivity contribution in [3.8, 4) is 11.4 Å². The van der Waals surface area contributed by atoms with E-state index in [4.69, 9.17) is 32.9 Å². The molecule has 2 aromatic heterocycles. The molecule has 1 N–H and O–H groups in total. The van der Waals surface area contributed by atoms with Gasteiger partial charge in [-0.2, -0.15) is 0 Å². The lowest BCUT2D eigenvalue weighted by Crippen LogP contribution is -2.39. The smallest absolute Gasteiger partial charge is 0.277 e. The van der Waals surface area contributed by atoms with E-state index in [9.17, 15) is 4.79 Å². The molecule has 0 spiro atoms. The molecule has 4 rings (SSSR count). The van der Waals surface area contributed by atoms with Crippen molar-refractivity contribution in [2.24, 2.45) is 0 Å². The van der Waals surface area contributed by atoms with Gasteiger partial charge in [0.15, 0.2) is 5.13 Å². The zero-order valence-electron chi connectivity index (χ0n) is 18.8. The van der Waals surface area contributed by atoms with Gasteiger partial charge in [0, 0.05) is 48.3 Å². The lowest BCUT2D eigenvalue weighted by Gasteiger charge is -2.26. The first-order valence-corrected chi connectivity index (χ1v) is 12.7. The molecule has 0 aliphatic carbocycles. The van der Waals surface area contributed by atoms with Gasteiger partial charge in [0.05, 0.1) is 16.8 Å². The number of rotatable bonds is 8. The van der Waals surface area contributed by atoms with Gasteiger partial charge >= 0.3 is 0 Å². The lowest BCUT2D eigenvalue weighted by molar-refractivity contribution is 0.0771. The van der Waals surface area contributed by atoms with Crippen LogP contribution in [-0.2, 0) is 17.7 Å². The number of anilines is 2. The molecule has 0 radical (unpaired) electrons. The Morgan fingerprint density at radius 3 is 2.73 bits per heavy atom. The second-order valence-corrected chi connectivity index (χ2v) is 9.44. The third-order valence-corrected chi connectivity index (χ3v) is 7.06. The molecule has 10 heteroatoms. The van der Waals surface area contributed by atoms with Crippen LogP contribution in [-0.4, -0.2) is 40.0 Å². The zero-order chi connectivity index (χ0) is 23.5. The van der Waals surface area contributed by atoms with Crippen molar-refractivity contribution in [1.82, 2.24) is 14.5 Å². The Bertz CT molecular complexity index is 1170. The number of nitrogens with zero attached hydrogens (tertiary/aromatic N) is 4. The first-order chi connectivity index (χ1) is 16.0. The monoisotopic (exact) mass is 507 g/mol. The highest BCUT2D eigenvalue weighted by atomic mass is 35.5. The predicted octanol–water partition coefficient (Wildman–Crippen LogP) is 5.31. The molecule has 33 heavy (non-hydrogen) atoms. The van der Waals surface area contributed by atoms with Gasteiger partial charge in [-0.15, -0.1) is 11.3 Å². The van der Waals surface area contributed by atoms with E-state index in [1.165, 1.54) is 0 Å². The maximum Gasteiger partial charge on any atom is 0.277 e. The molecule has 3 heterocycles. The molecule has 0 amide bonds. The average molecular weight is 508 g/mol. The second-order valence-electron chi connectivity index (χ2n) is 7.72. The minimum absolute atomic E-state index is 0.0648. The summed E-state index contributed by atoms with van der Waals surface area (Å²) in [6, 6.07) is 5.23. The fraction of sp³-hybridized carbons (Fsp3) is 0.435. The van der Waals surface area contributed by atoms with Crippen LogP contribution in [0.2, 0.25) is 10.0 Å². The molecule has 7 nitrogen and oxygen atoms in total. The Labute approximate surface area is 207 Å². The van der Waals surface area contributed by atoms with E-state index in [2.05, 4.69) is 15.2 Å². The quantitative estimate of drug-likeness (QED) is 0.445. The Kier molecular flexibility index (Phi) is 7.58. The second kappa shape index (κ2) is 10.4. The molecule has 0 bridgehead atoms. The van der Waals surface area contributed by atoms with E-state index in [1.54, 1.807) is 40.3 Å². The van der Waals surface area contributed by atoms with Gasteiger partial charge < -0.3 is 15.0 Å². The number of ether oxygens (including phenoxy) is 1. The zero-order valence-corrected chi connectivity index (χ0v) is 21.2. The summed E-state index contributed by atoms with van der Waals surface area (Å²) in [5.74, 6) is 0.543. The molecule has 1 unspecified atom stereocenters. The first kappa shape index (κ1) is 24.0. The van der Waals surface area contributed by atoms with E-state index < -0.39 is 0 Å². The van der Waals surface area contributed by atoms with Crippen molar-refractivity contribution in [1.29, 1.82) is 0 Å². The van der Waals surface area contributed by atoms with Gasteiger partial charge in [0.1, 0.15) is 17.7 Å². The molecule has 1 aliphatic rings. The highest BCUT2D eigenvalue weighted by molar-refractivity contribution is 7.13. The number of nitrogens with one attached hydrogen (secondary N) is 1. The third-order valence-electron chi connectivity index (χ3n) is 5.71. The lowest BCUT2D eigenvalue weighted by atomic mass is 10.1. The summed E-state index contributed by atoms with van der Waals surface area (Å²) in [7, 11) is 0. The summed E-state index contributed by atoms with van der Waals surface area (Å²) < 4.78 is 7.55. The molecule has 1 aromatic carbocycles. The van der Waals surface area contributed by atoms with E-state index >= 15 is 0 Å². The van der Waals surface area contributed by atoms with E-state index in [0.717, 1.165) is 11.6 Å². The van der Waals surface area contributed by atoms with Gasteiger partial charge in [-0.05, 0) is 38.5 Å². The summed E-state index contributed by atoms with van der Waals surface area (Å²) in [6.45, 7) is 7.73. The highest BCUT2D eigenvalue weighted by Gasteiger charge is 2.35. The average Bonchev–Trinajstić information content (AvgIpc) is 3.45. The number of benzene rings is 1. The van der Waals surface area contributed by atoms with E-state index in [0.29, 0.717) is 58.9 Å². The van der Waals surface area contributed by atoms with Crippen LogP contribution in [0.15, 0.2) is 34.6 Å². The van der Waals surface area contributed by atoms with Crippen LogP contribution >= 0.6 is 34.5 Å². The Morgan fingerprint density at radius 2 is 2.09 bits per heavy atom. The number of aromatic nitrogens is 3. The number of hydrogen-bond donors (Lipinski definition) is 1. The highest BCUT2D eigenvalue weighted by Crippen LogP contribution is 2.32. The number of halogens is 2. The molecule has 3 aromatic rings. The summed E-state index contributed by atoms with van der Waals surface area (Å²) in [5, 5.41) is 7.35. The standard InChI is InChI=1S/C23H27Cl2N5O2S/c1-4-18-20(28-19-12-15(32-6-3)13-30(19)23-26-9-10-33-23)22(31)29(5-2)21(27-18)16-8-7-14(24)11-17(16)25/h7-11,15,19,28H,4-6,12-13H2,1-3H3/t15-,19?/m0/s1. The Hall–Kier alpha value is -2.13. The maximum atomic E-state index is 13.7. The van der Waals surface area contributed by atoms with Crippen LogP contribution in [0.25, 0.3) is 11.4 Å². The molecule has 176 valence electrons. The summed E-state index contributed by atoms with van der Waals surface area (Å²) in [6.07, 6.45) is 3.07. The van der Waals surface area contributed by atoms with Crippen LogP contribution < -0.4 is 15.8 Å². The molecule has 2 atom stereocenters. The van der Waals surface area contributed by atoms with Crippen molar-refractivity contribution in [2.45, 2.75) is 52.4 Å². The fourth-order valence-electron chi connectivity index (χ4n) is 4.20. The van der Waals surface area contributed by atoms with Crippen molar-refractivity contribution < 1.29 is 4.74 Å². The van der Waals surface area contributed by atoms with Crippen LogP contribution in [0.4, 0.5) is 10.8 Å². The van der Waals surface area contributed by atoms with Crippen LogP contribution in [0.5, 0.6) is 0 Å². The summed E-state index contributed by atoms with van der Waals surface area (Å²) >= 11 is 14.1. The summed E-state index contributed by atoms with van der Waals surface area (Å²) in [4.78, 5) is 25.2. The number of aryl methyl sites for hydroxylation is 1. The van der Waals surface area contributed by atoms with Crippen molar-refractivity contribution >= 4 is 45.4 Å². The molecular formula is C23H27Cl2N5O2S. The van der Waals surface area contributed by atoms with Crippen LogP contribution in [0, 0.1) is 0 Å². The van der Waals surface area contributed by atoms with Gasteiger partial charge in [-0.3, -0.25) is 9.36 Å². The van der Waals surface area contributed by atoms with Gasteiger partial charge in [-0.25, -0.2) is 9.97 Å². The van der Waals surface area contributed by atoms with E-state index in [1.807, 2.05) is 26.2 Å². The van der Waals surface area contributed by atoms with Crippen molar-refractivity contribution in [3.05, 3.63) is 55.9 Å². The van der Waals surface area contributed by atoms with Crippen molar-refractivity contribution in [2.75, 3.05) is 23.4 Å². The van der Waals surface area contributed by atoms with Crippen LogP contribution in [0.1, 0.15) is 32.9 Å². The SMILES string of the molecule is CCO[C@H]1CC(Nc2c(CC)nc(-c3ccc(Cl)cc3Cl)n(CC)c2=O)N(c2nccs2)C1. The summed E-state index contributed by atoms with van der Waals surface area (Å²) in [5.41, 5.74) is 1.77. The van der Waals surface area contributed by atoms with Gasteiger partial charge in [-0.1, -0.05) is 30.1 Å². The minimum atomic E-state index is -0.122. The Morgan fingerprint density at radius 1 is 1.27 bits per heavy atom. The number of hydrogen-bond acceptors (Lipinski definition) is 7. The molecular weight excluding hydrogens is 481 g/mol. The van der Waals surface area contributed by atoms with E-state index in [-0.39, 0.29) is 17.8 Å². The number of thiazole rings is 1. The normalized spacial score (nSPS) is 18.2. The third kappa shape index (κ3) is 4.89. The first-order valence-electron chi connectivity index (χ1n) is 11.1. The van der Waals surface area contributed by atoms with Crippen molar-refractivity contribution in [3.63, 3.8) is 0 Å². The van der Waals surface area contributed by atoms with Crippen LogP contribution in [0.3, 0.4) is 0 Å². The minimum Gasteiger partial charge on any atom is -0.377 e. The molecule has 1 saturated heterocycles. The Balaban J connectivity index is 1.75. The van der Waals surface area contributed by atoms with Gasteiger partial charge in [0.2, 0.25) is 0 Å². The topological polar surface area (TPSA) is 72.3 Å². The molecule has 1 fully saturated rings. The molecule has 1 aliphatic heterocycles. The fourth-order valence-corrected chi connectivity index (χ4v) is 5.39. The largest absolute Gasteiger partial charge is 0.377 e. The molecule has 0 saturated carbocycles.